The first kappa shape index (κ1) is 14.2. The van der Waals surface area contributed by atoms with Gasteiger partial charge in [0.1, 0.15) is 5.94 Å². The van der Waals surface area contributed by atoms with Gasteiger partial charge in [-0.15, -0.1) is 0 Å². The van der Waals surface area contributed by atoms with Gasteiger partial charge in [0.25, 0.3) is 0 Å². The molecule has 1 aromatic rings. The predicted molar refractivity (Wildman–Crippen MR) is 80.0 cm³/mol. The fourth-order valence-corrected chi connectivity index (χ4v) is 2.31. The number of benzene rings is 1. The molecule has 0 spiro atoms. The fourth-order valence-electron chi connectivity index (χ4n) is 2.31. The van der Waals surface area contributed by atoms with E-state index < -0.39 is 0 Å². The van der Waals surface area contributed by atoms with Gasteiger partial charge in [-0.25, -0.2) is 4.79 Å². The number of rotatable bonds is 6. The fraction of sp³-hybridized carbons (Fsp3) is 0.278. The van der Waals surface area contributed by atoms with Crippen LogP contribution in [0, 0.1) is 5.92 Å². The smallest absolute Gasteiger partial charge is 0.170 e. The van der Waals surface area contributed by atoms with Crippen LogP contribution in [-0.4, -0.2) is 11.7 Å². The van der Waals surface area contributed by atoms with E-state index in [2.05, 4.69) is 6.08 Å². The highest BCUT2D eigenvalue weighted by Crippen LogP contribution is 2.20. The summed E-state index contributed by atoms with van der Waals surface area (Å²) in [5, 5.41) is 0. The Morgan fingerprint density at radius 1 is 1.20 bits per heavy atom. The van der Waals surface area contributed by atoms with E-state index in [-0.39, 0.29) is 11.7 Å². The van der Waals surface area contributed by atoms with Gasteiger partial charge < -0.3 is 0 Å². The zero-order valence-electron chi connectivity index (χ0n) is 11.4. The zero-order valence-corrected chi connectivity index (χ0v) is 11.4. The van der Waals surface area contributed by atoms with E-state index in [4.69, 9.17) is 0 Å². The second-order valence-corrected chi connectivity index (χ2v) is 5.00. The quantitative estimate of drug-likeness (QED) is 0.583. The van der Waals surface area contributed by atoms with Crippen molar-refractivity contribution in [2.75, 3.05) is 0 Å². The van der Waals surface area contributed by atoms with Gasteiger partial charge in [-0.2, -0.15) is 0 Å². The first-order valence-corrected chi connectivity index (χ1v) is 6.94. The molecular weight excluding hydrogens is 248 g/mol. The first-order chi connectivity index (χ1) is 9.79. The molecule has 2 rings (SSSR count). The Labute approximate surface area is 119 Å². The Morgan fingerprint density at radius 2 is 2.00 bits per heavy atom. The minimum Gasteiger partial charge on any atom is -0.294 e. The minimum absolute atomic E-state index is 0.0770. The van der Waals surface area contributed by atoms with Crippen LogP contribution in [0.2, 0.25) is 0 Å². The molecule has 0 fully saturated rings. The van der Waals surface area contributed by atoms with E-state index in [0.717, 1.165) is 12.0 Å². The summed E-state index contributed by atoms with van der Waals surface area (Å²) in [7, 11) is 0. The molecule has 1 atom stereocenters. The van der Waals surface area contributed by atoms with Crippen molar-refractivity contribution in [1.82, 2.24) is 0 Å². The van der Waals surface area contributed by atoms with E-state index >= 15 is 0 Å². The predicted octanol–water partition coefficient (Wildman–Crippen LogP) is 3.47. The molecule has 1 unspecified atom stereocenters. The minimum atomic E-state index is -0.0770. The van der Waals surface area contributed by atoms with Gasteiger partial charge in [0.05, 0.1) is 5.57 Å². The molecule has 2 nitrogen and oxygen atoms in total. The van der Waals surface area contributed by atoms with Crippen molar-refractivity contribution in [2.45, 2.75) is 25.7 Å². The largest absolute Gasteiger partial charge is 0.294 e. The number of carbonyl (C=O) groups is 1. The van der Waals surface area contributed by atoms with Crippen LogP contribution in [0.15, 0.2) is 60.2 Å². The van der Waals surface area contributed by atoms with Crippen LogP contribution < -0.4 is 0 Å². The molecule has 0 bridgehead atoms. The normalized spacial score (nSPS) is 16.7. The summed E-state index contributed by atoms with van der Waals surface area (Å²) < 4.78 is 0. The third-order valence-electron chi connectivity index (χ3n) is 3.48. The van der Waals surface area contributed by atoms with Gasteiger partial charge in [-0.1, -0.05) is 54.6 Å². The summed E-state index contributed by atoms with van der Waals surface area (Å²) in [4.78, 5) is 23.1. The third-order valence-corrected chi connectivity index (χ3v) is 3.48. The van der Waals surface area contributed by atoms with Crippen molar-refractivity contribution in [3.8, 4) is 0 Å². The topological polar surface area (TPSA) is 34.1 Å². The van der Waals surface area contributed by atoms with E-state index in [0.29, 0.717) is 24.8 Å². The van der Waals surface area contributed by atoms with E-state index in [1.165, 1.54) is 0 Å². The molecule has 20 heavy (non-hydrogen) atoms. The number of aryl methyl sites for hydroxylation is 1. The molecule has 0 aromatic heterocycles. The molecule has 0 saturated heterocycles. The van der Waals surface area contributed by atoms with Crippen molar-refractivity contribution in [2.24, 2.45) is 5.92 Å². The third kappa shape index (κ3) is 4.18. The highest BCUT2D eigenvalue weighted by atomic mass is 16.1. The maximum absolute atomic E-state index is 12.1. The summed E-state index contributed by atoms with van der Waals surface area (Å²) >= 11 is 0. The maximum atomic E-state index is 12.1. The maximum Gasteiger partial charge on any atom is 0.170 e. The van der Waals surface area contributed by atoms with E-state index in [1.807, 2.05) is 54.5 Å². The monoisotopic (exact) mass is 266 g/mol. The molecule has 0 saturated carbocycles. The zero-order chi connectivity index (χ0) is 14.2. The van der Waals surface area contributed by atoms with Gasteiger partial charge in [0, 0.05) is 6.42 Å². The highest BCUT2D eigenvalue weighted by molar-refractivity contribution is 6.02. The molecule has 1 aliphatic rings. The van der Waals surface area contributed by atoms with Crippen LogP contribution in [0.1, 0.15) is 24.8 Å². The Hall–Kier alpha value is -2.18. The summed E-state index contributed by atoms with van der Waals surface area (Å²) in [5.41, 5.74) is 1.41. The first-order valence-electron chi connectivity index (χ1n) is 6.94. The lowest BCUT2D eigenvalue weighted by molar-refractivity contribution is -0.115. The molecule has 0 heterocycles. The average molecular weight is 266 g/mol. The highest BCUT2D eigenvalue weighted by Gasteiger charge is 2.16. The number of carbonyl (C=O) groups excluding carboxylic acids is 2. The van der Waals surface area contributed by atoms with Crippen LogP contribution in [0.5, 0.6) is 0 Å². The molecule has 2 heteroatoms. The van der Waals surface area contributed by atoms with Crippen molar-refractivity contribution in [3.63, 3.8) is 0 Å². The summed E-state index contributed by atoms with van der Waals surface area (Å²) in [6, 6.07) is 9.84. The van der Waals surface area contributed by atoms with Crippen LogP contribution in [0.25, 0.3) is 0 Å². The number of hydrogen-bond acceptors (Lipinski definition) is 2. The van der Waals surface area contributed by atoms with E-state index in [1.54, 1.807) is 0 Å². The number of hydrogen-bond donors (Lipinski definition) is 0. The second-order valence-electron chi connectivity index (χ2n) is 5.00. The van der Waals surface area contributed by atoms with Crippen LogP contribution in [0.3, 0.4) is 0 Å². The Kier molecular flexibility index (Phi) is 5.28. The Morgan fingerprint density at radius 3 is 2.65 bits per heavy atom. The molecule has 102 valence electrons. The van der Waals surface area contributed by atoms with Crippen molar-refractivity contribution in [3.05, 3.63) is 65.8 Å². The van der Waals surface area contributed by atoms with Gasteiger partial charge in [-0.3, -0.25) is 4.79 Å². The van der Waals surface area contributed by atoms with Crippen LogP contribution in [0.4, 0.5) is 0 Å². The summed E-state index contributed by atoms with van der Waals surface area (Å²) in [6.07, 6.45) is 10.5. The second kappa shape index (κ2) is 7.42. The molecule has 0 radical (unpaired) electrons. The number of allylic oxidation sites excluding steroid dienone is 5. The summed E-state index contributed by atoms with van der Waals surface area (Å²) in [6.45, 7) is 0. The lowest BCUT2D eigenvalue weighted by Crippen LogP contribution is -2.10. The molecule has 0 amide bonds. The van der Waals surface area contributed by atoms with Gasteiger partial charge >= 0.3 is 0 Å². The van der Waals surface area contributed by atoms with E-state index in [9.17, 15) is 9.59 Å². The van der Waals surface area contributed by atoms with Crippen molar-refractivity contribution in [1.29, 1.82) is 0 Å². The molecule has 1 aromatic carbocycles. The Balaban J connectivity index is 1.88. The van der Waals surface area contributed by atoms with Gasteiger partial charge in [0.2, 0.25) is 0 Å². The Bertz CT molecular complexity index is 560. The number of ketones is 1. The molecule has 0 N–H and O–H groups in total. The van der Waals surface area contributed by atoms with Crippen LogP contribution in [-0.2, 0) is 16.0 Å². The standard InChI is InChI=1S/C18H18O2/c19-14-17(13-16-9-5-2-6-10-16)18(20)12-11-15-7-3-1-4-8-15/h1-9,16H,10-13H2. The van der Waals surface area contributed by atoms with Gasteiger partial charge in [0.15, 0.2) is 5.78 Å². The summed E-state index contributed by atoms with van der Waals surface area (Å²) in [5.74, 6) is 2.01. The molecule has 0 aliphatic heterocycles. The van der Waals surface area contributed by atoms with Crippen molar-refractivity contribution < 1.29 is 9.59 Å². The SMILES string of the molecule is O=C=C(CC1C=CC=CC1)C(=O)CCc1ccccc1. The lowest BCUT2D eigenvalue weighted by Gasteiger charge is -2.12. The molecule has 1 aliphatic carbocycles. The van der Waals surface area contributed by atoms with Crippen molar-refractivity contribution >= 4 is 11.7 Å². The average Bonchev–Trinajstić information content (AvgIpc) is 2.52. The molecular formula is C18H18O2. The number of Topliss-reactive ketones (excluding diaryl/α,β-unsaturated/α-hetero) is 1. The lowest BCUT2D eigenvalue weighted by atomic mass is 9.90. The van der Waals surface area contributed by atoms with Gasteiger partial charge in [-0.05, 0) is 30.7 Å². The van der Waals surface area contributed by atoms with Crippen LogP contribution >= 0.6 is 0 Å².